The van der Waals surface area contributed by atoms with Crippen LogP contribution in [0.1, 0.15) is 11.1 Å². The maximum atomic E-state index is 13.8. The van der Waals surface area contributed by atoms with Gasteiger partial charge in [0.25, 0.3) is 0 Å². The van der Waals surface area contributed by atoms with Crippen molar-refractivity contribution < 1.29 is 23.8 Å². The Morgan fingerprint density at radius 3 is 2.69 bits per heavy atom. The number of phenols is 2. The van der Waals surface area contributed by atoms with Gasteiger partial charge in [-0.25, -0.2) is 9.18 Å². The molecule has 3 N–H and O–H groups in total. The van der Waals surface area contributed by atoms with Crippen molar-refractivity contribution in [2.75, 3.05) is 5.32 Å². The molecule has 0 atom stereocenters. The number of rotatable bonds is 3. The summed E-state index contributed by atoms with van der Waals surface area (Å²) in [4.78, 5) is 24.4. The number of hydrogen-bond donors (Lipinski definition) is 3. The van der Waals surface area contributed by atoms with Crippen molar-refractivity contribution in [3.05, 3.63) is 62.2 Å². The van der Waals surface area contributed by atoms with Gasteiger partial charge in [-0.2, -0.15) is 0 Å². The summed E-state index contributed by atoms with van der Waals surface area (Å²) < 4.78 is 19.4. The van der Waals surface area contributed by atoms with Crippen LogP contribution in [0.4, 0.5) is 10.1 Å². The standard InChI is InChI=1S/C18H13BrFNO5/c1-8-11(7-16(24)21-13-3-2-9(19)4-12(13)20)18(25)26-15-6-10(22)5-14(23)17(8)15/h2-6,22-23H,7H2,1H3,(H,21,24). The lowest BCUT2D eigenvalue weighted by atomic mass is 10.0. The van der Waals surface area contributed by atoms with E-state index in [2.05, 4.69) is 21.2 Å². The second-order valence-corrected chi connectivity index (χ2v) is 6.60. The van der Waals surface area contributed by atoms with Crippen LogP contribution in [0.3, 0.4) is 0 Å². The highest BCUT2D eigenvalue weighted by atomic mass is 79.9. The normalized spacial score (nSPS) is 10.9. The summed E-state index contributed by atoms with van der Waals surface area (Å²) >= 11 is 3.12. The van der Waals surface area contributed by atoms with Crippen molar-refractivity contribution in [3.8, 4) is 11.5 Å². The number of halogens is 2. The van der Waals surface area contributed by atoms with Crippen LogP contribution in [-0.2, 0) is 11.2 Å². The number of nitrogens with one attached hydrogen (secondary N) is 1. The number of phenolic OH excluding ortho intramolecular Hbond substituents is 2. The molecule has 0 fully saturated rings. The number of fused-ring (bicyclic) bond motifs is 1. The summed E-state index contributed by atoms with van der Waals surface area (Å²) in [6.07, 6.45) is -0.361. The average molecular weight is 422 g/mol. The molecule has 1 heterocycles. The Labute approximate surface area is 155 Å². The zero-order chi connectivity index (χ0) is 19.0. The minimum Gasteiger partial charge on any atom is -0.508 e. The Balaban J connectivity index is 1.95. The molecule has 0 aliphatic rings. The molecule has 26 heavy (non-hydrogen) atoms. The molecule has 0 saturated carbocycles. The van der Waals surface area contributed by atoms with Crippen LogP contribution in [0, 0.1) is 12.7 Å². The van der Waals surface area contributed by atoms with Crippen LogP contribution in [0.25, 0.3) is 11.0 Å². The third kappa shape index (κ3) is 3.41. The summed E-state index contributed by atoms with van der Waals surface area (Å²) in [6.45, 7) is 1.55. The first kappa shape index (κ1) is 17.9. The Morgan fingerprint density at radius 2 is 2.00 bits per heavy atom. The van der Waals surface area contributed by atoms with Gasteiger partial charge in [0.2, 0.25) is 5.91 Å². The Hall–Kier alpha value is -2.87. The lowest BCUT2D eigenvalue weighted by Crippen LogP contribution is -2.21. The van der Waals surface area contributed by atoms with E-state index in [9.17, 15) is 24.2 Å². The molecule has 8 heteroatoms. The first-order valence-corrected chi connectivity index (χ1v) is 8.28. The van der Waals surface area contributed by atoms with Crippen LogP contribution in [0.15, 0.2) is 44.0 Å². The predicted octanol–water partition coefficient (Wildman–Crippen LogP) is 3.60. The van der Waals surface area contributed by atoms with Gasteiger partial charge < -0.3 is 19.9 Å². The topological polar surface area (TPSA) is 99.8 Å². The van der Waals surface area contributed by atoms with Gasteiger partial charge in [0, 0.05) is 16.6 Å². The number of amides is 1. The molecule has 0 saturated heterocycles. The van der Waals surface area contributed by atoms with E-state index < -0.39 is 17.3 Å². The molecule has 3 rings (SSSR count). The van der Waals surface area contributed by atoms with E-state index in [1.807, 2.05) is 0 Å². The molecule has 6 nitrogen and oxygen atoms in total. The van der Waals surface area contributed by atoms with E-state index in [1.165, 1.54) is 18.2 Å². The first-order chi connectivity index (χ1) is 12.3. The minimum absolute atomic E-state index is 0.00751. The molecule has 0 bridgehead atoms. The fourth-order valence-electron chi connectivity index (χ4n) is 2.66. The lowest BCUT2D eigenvalue weighted by Gasteiger charge is -2.10. The van der Waals surface area contributed by atoms with Gasteiger partial charge in [-0.15, -0.1) is 0 Å². The van der Waals surface area contributed by atoms with Gasteiger partial charge in [-0.05, 0) is 30.7 Å². The number of carbonyl (C=O) groups is 1. The van der Waals surface area contributed by atoms with E-state index in [0.717, 1.165) is 6.07 Å². The van der Waals surface area contributed by atoms with Gasteiger partial charge in [-0.3, -0.25) is 4.79 Å². The van der Waals surface area contributed by atoms with Gasteiger partial charge in [0.1, 0.15) is 22.9 Å². The molecule has 1 amide bonds. The molecule has 3 aromatic rings. The fraction of sp³-hybridized carbons (Fsp3) is 0.111. The highest BCUT2D eigenvalue weighted by Gasteiger charge is 2.18. The van der Waals surface area contributed by atoms with Gasteiger partial charge >= 0.3 is 5.63 Å². The SMILES string of the molecule is Cc1c(CC(=O)Nc2ccc(Br)cc2F)c(=O)oc2cc(O)cc(O)c12. The van der Waals surface area contributed by atoms with Crippen molar-refractivity contribution in [2.24, 2.45) is 0 Å². The maximum Gasteiger partial charge on any atom is 0.340 e. The molecule has 0 aliphatic heterocycles. The Kier molecular flexibility index (Phi) is 4.69. The van der Waals surface area contributed by atoms with E-state index in [4.69, 9.17) is 4.42 Å². The van der Waals surface area contributed by atoms with E-state index in [0.29, 0.717) is 10.0 Å². The number of anilines is 1. The monoisotopic (exact) mass is 421 g/mol. The van der Waals surface area contributed by atoms with E-state index in [-0.39, 0.29) is 40.1 Å². The fourth-order valence-corrected chi connectivity index (χ4v) is 2.99. The number of hydrogen-bond acceptors (Lipinski definition) is 5. The van der Waals surface area contributed by atoms with Crippen molar-refractivity contribution in [2.45, 2.75) is 13.3 Å². The van der Waals surface area contributed by atoms with Crippen LogP contribution in [0.2, 0.25) is 0 Å². The Bertz CT molecular complexity index is 1090. The maximum absolute atomic E-state index is 13.8. The van der Waals surface area contributed by atoms with Gasteiger partial charge in [0.05, 0.1) is 23.1 Å². The van der Waals surface area contributed by atoms with Crippen LogP contribution in [-0.4, -0.2) is 16.1 Å². The third-order valence-corrected chi connectivity index (χ3v) is 4.38. The van der Waals surface area contributed by atoms with Crippen molar-refractivity contribution in [1.29, 1.82) is 0 Å². The first-order valence-electron chi connectivity index (χ1n) is 7.49. The van der Waals surface area contributed by atoms with E-state index >= 15 is 0 Å². The number of carbonyl (C=O) groups excluding carboxylic acids is 1. The smallest absolute Gasteiger partial charge is 0.340 e. The number of aromatic hydroxyl groups is 2. The predicted molar refractivity (Wildman–Crippen MR) is 97.0 cm³/mol. The van der Waals surface area contributed by atoms with Crippen LogP contribution < -0.4 is 10.9 Å². The Morgan fingerprint density at radius 1 is 1.27 bits per heavy atom. The number of aryl methyl sites for hydroxylation is 1. The van der Waals surface area contributed by atoms with Gasteiger partial charge in [0.15, 0.2) is 0 Å². The minimum atomic E-state index is -0.772. The molecular weight excluding hydrogens is 409 g/mol. The number of benzene rings is 2. The summed E-state index contributed by atoms with van der Waals surface area (Å²) in [5.74, 6) is -1.77. The molecule has 0 spiro atoms. The van der Waals surface area contributed by atoms with E-state index in [1.54, 1.807) is 13.0 Å². The van der Waals surface area contributed by atoms with Gasteiger partial charge in [-0.1, -0.05) is 15.9 Å². The summed E-state index contributed by atoms with van der Waals surface area (Å²) in [7, 11) is 0. The van der Waals surface area contributed by atoms with Crippen LogP contribution >= 0.6 is 15.9 Å². The molecule has 1 aromatic heterocycles. The summed E-state index contributed by atoms with van der Waals surface area (Å²) in [5.41, 5.74) is -0.401. The van der Waals surface area contributed by atoms with Crippen molar-refractivity contribution in [1.82, 2.24) is 0 Å². The lowest BCUT2D eigenvalue weighted by molar-refractivity contribution is -0.115. The average Bonchev–Trinajstić information content (AvgIpc) is 2.53. The molecule has 0 unspecified atom stereocenters. The third-order valence-electron chi connectivity index (χ3n) is 3.89. The van der Waals surface area contributed by atoms with Crippen molar-refractivity contribution >= 4 is 38.5 Å². The second-order valence-electron chi connectivity index (χ2n) is 5.68. The zero-order valence-corrected chi connectivity index (χ0v) is 15.1. The molecule has 0 radical (unpaired) electrons. The van der Waals surface area contributed by atoms with Crippen molar-refractivity contribution in [3.63, 3.8) is 0 Å². The molecular formula is C18H13BrFNO5. The van der Waals surface area contributed by atoms with Crippen LogP contribution in [0.5, 0.6) is 11.5 Å². The summed E-state index contributed by atoms with van der Waals surface area (Å²) in [5, 5.41) is 22.1. The quantitative estimate of drug-likeness (QED) is 0.561. The highest BCUT2D eigenvalue weighted by molar-refractivity contribution is 9.10. The molecule has 2 aromatic carbocycles. The molecule has 0 aliphatic carbocycles. The molecule has 134 valence electrons. The largest absolute Gasteiger partial charge is 0.508 e. The highest BCUT2D eigenvalue weighted by Crippen LogP contribution is 2.32. The zero-order valence-electron chi connectivity index (χ0n) is 13.5. The summed E-state index contributed by atoms with van der Waals surface area (Å²) in [6, 6.07) is 6.47. The second kappa shape index (κ2) is 6.80.